The lowest BCUT2D eigenvalue weighted by Gasteiger charge is -2.18. The van der Waals surface area contributed by atoms with Crippen LogP contribution in [0.1, 0.15) is 21.9 Å². The summed E-state index contributed by atoms with van der Waals surface area (Å²) in [5.74, 6) is -0.515. The molecule has 0 atom stereocenters. The summed E-state index contributed by atoms with van der Waals surface area (Å²) in [6.07, 6.45) is 0. The van der Waals surface area contributed by atoms with Gasteiger partial charge in [-0.25, -0.2) is 8.78 Å². The maximum absolute atomic E-state index is 13.2. The summed E-state index contributed by atoms with van der Waals surface area (Å²) in [5.41, 5.74) is 3.18. The minimum atomic E-state index is -0.257. The zero-order chi connectivity index (χ0) is 16.2. The molecule has 0 aliphatic rings. The molecule has 0 aliphatic heterocycles. The Morgan fingerprint density at radius 2 is 1.09 bits per heavy atom. The SMILES string of the molecule is Cc1ccc(SC(c2ccc(F)cc2)c2ccc(F)cc2)cc1. The van der Waals surface area contributed by atoms with Gasteiger partial charge in [-0.15, -0.1) is 11.8 Å². The van der Waals surface area contributed by atoms with E-state index in [2.05, 4.69) is 24.3 Å². The summed E-state index contributed by atoms with van der Waals surface area (Å²) < 4.78 is 26.4. The second kappa shape index (κ2) is 6.97. The maximum atomic E-state index is 13.2. The van der Waals surface area contributed by atoms with Gasteiger partial charge >= 0.3 is 0 Å². The van der Waals surface area contributed by atoms with Crippen molar-refractivity contribution in [1.82, 2.24) is 0 Å². The molecule has 0 bridgehead atoms. The monoisotopic (exact) mass is 326 g/mol. The lowest BCUT2D eigenvalue weighted by molar-refractivity contribution is 0.626. The van der Waals surface area contributed by atoms with Crippen molar-refractivity contribution in [3.05, 3.63) is 101 Å². The van der Waals surface area contributed by atoms with Gasteiger partial charge < -0.3 is 0 Å². The molecule has 0 spiro atoms. The fourth-order valence-corrected chi connectivity index (χ4v) is 3.51. The van der Waals surface area contributed by atoms with Crippen LogP contribution in [0.5, 0.6) is 0 Å². The Morgan fingerprint density at radius 3 is 1.52 bits per heavy atom. The summed E-state index contributed by atoms with van der Waals surface area (Å²) in [4.78, 5) is 1.12. The highest BCUT2D eigenvalue weighted by molar-refractivity contribution is 7.99. The molecule has 0 aliphatic carbocycles. The van der Waals surface area contributed by atoms with E-state index in [-0.39, 0.29) is 16.9 Å². The Balaban J connectivity index is 1.97. The Morgan fingerprint density at radius 1 is 0.652 bits per heavy atom. The average molecular weight is 326 g/mol. The first-order chi connectivity index (χ1) is 11.1. The molecule has 0 radical (unpaired) electrons. The van der Waals surface area contributed by atoms with E-state index in [9.17, 15) is 8.78 Å². The van der Waals surface area contributed by atoms with E-state index < -0.39 is 0 Å². The summed E-state index contributed by atoms with van der Waals surface area (Å²) >= 11 is 1.67. The second-order valence-electron chi connectivity index (χ2n) is 5.41. The molecular formula is C20H16F2S. The number of thioether (sulfide) groups is 1. The standard InChI is InChI=1S/C20H16F2S/c1-14-2-12-19(13-3-14)23-20(15-4-8-17(21)9-5-15)16-6-10-18(22)11-7-16/h2-13,20H,1H3. The number of aryl methyl sites for hydroxylation is 1. The molecule has 0 fully saturated rings. The molecule has 3 heteroatoms. The molecule has 0 unspecified atom stereocenters. The quantitative estimate of drug-likeness (QED) is 0.518. The van der Waals surface area contributed by atoms with Gasteiger partial charge in [-0.1, -0.05) is 42.0 Å². The molecule has 3 aromatic carbocycles. The van der Waals surface area contributed by atoms with Crippen LogP contribution in [0.2, 0.25) is 0 Å². The number of halogens is 2. The van der Waals surface area contributed by atoms with Crippen molar-refractivity contribution in [2.45, 2.75) is 17.1 Å². The minimum absolute atomic E-state index is 0.0149. The van der Waals surface area contributed by atoms with E-state index in [1.165, 1.54) is 29.8 Å². The van der Waals surface area contributed by atoms with E-state index in [1.807, 2.05) is 6.92 Å². The van der Waals surface area contributed by atoms with Gasteiger partial charge in [0.1, 0.15) is 11.6 Å². The van der Waals surface area contributed by atoms with Gasteiger partial charge in [-0.2, -0.15) is 0 Å². The van der Waals surface area contributed by atoms with Gasteiger partial charge in [0.05, 0.1) is 5.25 Å². The van der Waals surface area contributed by atoms with Crippen LogP contribution < -0.4 is 0 Å². The summed E-state index contributed by atoms with van der Waals surface area (Å²) in [7, 11) is 0. The highest BCUT2D eigenvalue weighted by atomic mass is 32.2. The first-order valence-electron chi connectivity index (χ1n) is 7.36. The van der Waals surface area contributed by atoms with Crippen molar-refractivity contribution in [3.63, 3.8) is 0 Å². The van der Waals surface area contributed by atoms with Crippen LogP contribution >= 0.6 is 11.8 Å². The normalized spacial score (nSPS) is 11.0. The molecule has 23 heavy (non-hydrogen) atoms. The smallest absolute Gasteiger partial charge is 0.123 e. The summed E-state index contributed by atoms with van der Waals surface area (Å²) in [5, 5.41) is -0.0149. The van der Waals surface area contributed by atoms with E-state index in [1.54, 1.807) is 36.0 Å². The van der Waals surface area contributed by atoms with E-state index in [0.717, 1.165) is 16.0 Å². The maximum Gasteiger partial charge on any atom is 0.123 e. The van der Waals surface area contributed by atoms with Crippen molar-refractivity contribution in [2.24, 2.45) is 0 Å². The third kappa shape index (κ3) is 3.99. The van der Waals surface area contributed by atoms with Gasteiger partial charge in [-0.05, 0) is 54.4 Å². The lowest BCUT2D eigenvalue weighted by atomic mass is 10.0. The molecule has 3 aromatic rings. The number of benzene rings is 3. The fraction of sp³-hybridized carbons (Fsp3) is 0.100. The summed E-state index contributed by atoms with van der Waals surface area (Å²) in [6.45, 7) is 2.05. The van der Waals surface area contributed by atoms with Crippen molar-refractivity contribution in [3.8, 4) is 0 Å². The molecule has 0 aromatic heterocycles. The molecular weight excluding hydrogens is 310 g/mol. The van der Waals surface area contributed by atoms with Gasteiger partial charge in [0.15, 0.2) is 0 Å². The van der Waals surface area contributed by atoms with E-state index in [4.69, 9.17) is 0 Å². The number of hydrogen-bond donors (Lipinski definition) is 0. The molecule has 116 valence electrons. The van der Waals surface area contributed by atoms with Crippen molar-refractivity contribution in [1.29, 1.82) is 0 Å². The van der Waals surface area contributed by atoms with E-state index in [0.29, 0.717) is 0 Å². The number of rotatable bonds is 4. The molecule has 0 saturated heterocycles. The molecule has 0 heterocycles. The van der Waals surface area contributed by atoms with Crippen LogP contribution in [0.15, 0.2) is 77.7 Å². The Hall–Kier alpha value is -2.13. The van der Waals surface area contributed by atoms with Crippen molar-refractivity contribution < 1.29 is 8.78 Å². The van der Waals surface area contributed by atoms with Crippen molar-refractivity contribution in [2.75, 3.05) is 0 Å². The molecule has 3 rings (SSSR count). The van der Waals surface area contributed by atoms with Gasteiger partial charge in [0, 0.05) is 4.90 Å². The Kier molecular flexibility index (Phi) is 4.77. The first kappa shape index (κ1) is 15.8. The van der Waals surface area contributed by atoms with Crippen LogP contribution in [-0.4, -0.2) is 0 Å². The van der Waals surface area contributed by atoms with Crippen LogP contribution in [-0.2, 0) is 0 Å². The second-order valence-corrected chi connectivity index (χ2v) is 6.59. The third-order valence-corrected chi connectivity index (χ3v) is 4.94. The van der Waals surface area contributed by atoms with Gasteiger partial charge in [0.2, 0.25) is 0 Å². The summed E-state index contributed by atoms with van der Waals surface area (Å²) in [6, 6.07) is 21.2. The van der Waals surface area contributed by atoms with Crippen LogP contribution in [0.4, 0.5) is 8.78 Å². The lowest BCUT2D eigenvalue weighted by Crippen LogP contribution is -1.97. The highest BCUT2D eigenvalue weighted by Crippen LogP contribution is 2.40. The zero-order valence-electron chi connectivity index (χ0n) is 12.7. The van der Waals surface area contributed by atoms with Gasteiger partial charge in [0.25, 0.3) is 0 Å². The predicted molar refractivity (Wildman–Crippen MR) is 91.7 cm³/mol. The van der Waals surface area contributed by atoms with Crippen LogP contribution in [0.25, 0.3) is 0 Å². The minimum Gasteiger partial charge on any atom is -0.207 e. The van der Waals surface area contributed by atoms with E-state index >= 15 is 0 Å². The molecule has 0 nitrogen and oxygen atoms in total. The van der Waals surface area contributed by atoms with Crippen LogP contribution in [0.3, 0.4) is 0 Å². The predicted octanol–water partition coefficient (Wildman–Crippen LogP) is 6.15. The number of hydrogen-bond acceptors (Lipinski definition) is 1. The molecule has 0 amide bonds. The average Bonchev–Trinajstić information content (AvgIpc) is 2.56. The third-order valence-electron chi connectivity index (χ3n) is 3.62. The zero-order valence-corrected chi connectivity index (χ0v) is 13.5. The molecule has 0 saturated carbocycles. The first-order valence-corrected chi connectivity index (χ1v) is 8.24. The van der Waals surface area contributed by atoms with Crippen LogP contribution in [0, 0.1) is 18.6 Å². The topological polar surface area (TPSA) is 0 Å². The highest BCUT2D eigenvalue weighted by Gasteiger charge is 2.16. The fourth-order valence-electron chi connectivity index (χ4n) is 2.36. The van der Waals surface area contributed by atoms with Crippen molar-refractivity contribution >= 4 is 11.8 Å². The molecule has 0 N–H and O–H groups in total. The largest absolute Gasteiger partial charge is 0.207 e. The van der Waals surface area contributed by atoms with Gasteiger partial charge in [-0.3, -0.25) is 0 Å². The Labute approximate surface area is 139 Å². The Bertz CT molecular complexity index is 717.